The summed E-state index contributed by atoms with van der Waals surface area (Å²) in [6.07, 6.45) is 4.48. The molecule has 0 radical (unpaired) electrons. The maximum Gasteiger partial charge on any atom is 0.254 e. The summed E-state index contributed by atoms with van der Waals surface area (Å²) in [5.41, 5.74) is 3.21. The van der Waals surface area contributed by atoms with Gasteiger partial charge in [-0.3, -0.25) is 9.59 Å². The molecule has 0 saturated carbocycles. The third-order valence-corrected chi connectivity index (χ3v) is 4.22. The Balaban J connectivity index is 1.62. The normalized spacial score (nSPS) is 13.2. The lowest BCUT2D eigenvalue weighted by atomic mass is 9.90. The van der Waals surface area contributed by atoms with Crippen molar-refractivity contribution in [3.8, 4) is 0 Å². The van der Waals surface area contributed by atoms with E-state index in [0.29, 0.717) is 17.1 Å². The fourth-order valence-electron chi connectivity index (χ4n) is 2.98. The number of nitrogens with zero attached hydrogens (tertiary/aromatic N) is 2. The monoisotopic (exact) mass is 327 g/mol. The van der Waals surface area contributed by atoms with Crippen LogP contribution < -0.4 is 5.32 Å². The standard InChI is InChI=1S/C18H21N3O3/c1-12-9-16(20-24-12)19-17(22)11-21(2)18(23)15-8-7-13-5-3-4-6-14(13)10-15/h7-10H,3-6,11H2,1-2H3,(H,19,20,22). The van der Waals surface area contributed by atoms with Gasteiger partial charge < -0.3 is 14.7 Å². The van der Waals surface area contributed by atoms with E-state index in [1.54, 1.807) is 20.0 Å². The van der Waals surface area contributed by atoms with Gasteiger partial charge in [-0.15, -0.1) is 0 Å². The topological polar surface area (TPSA) is 75.4 Å². The van der Waals surface area contributed by atoms with E-state index in [2.05, 4.69) is 10.5 Å². The second-order valence-electron chi connectivity index (χ2n) is 6.22. The van der Waals surface area contributed by atoms with Crippen molar-refractivity contribution in [1.82, 2.24) is 10.1 Å². The average molecular weight is 327 g/mol. The van der Waals surface area contributed by atoms with Crippen molar-refractivity contribution in [2.24, 2.45) is 0 Å². The summed E-state index contributed by atoms with van der Waals surface area (Å²) in [4.78, 5) is 26.0. The van der Waals surface area contributed by atoms with Crippen LogP contribution in [0.5, 0.6) is 0 Å². The molecule has 0 atom stereocenters. The van der Waals surface area contributed by atoms with E-state index in [4.69, 9.17) is 4.52 Å². The number of nitrogens with one attached hydrogen (secondary N) is 1. The molecule has 6 heteroatoms. The third-order valence-electron chi connectivity index (χ3n) is 4.22. The molecule has 3 rings (SSSR count). The summed E-state index contributed by atoms with van der Waals surface area (Å²) in [5.74, 6) is 0.503. The van der Waals surface area contributed by atoms with E-state index < -0.39 is 0 Å². The van der Waals surface area contributed by atoms with Crippen LogP contribution in [0.1, 0.15) is 40.1 Å². The van der Waals surface area contributed by atoms with Gasteiger partial charge in [0.1, 0.15) is 5.76 Å². The van der Waals surface area contributed by atoms with Crippen molar-refractivity contribution >= 4 is 17.6 Å². The molecule has 0 fully saturated rings. The second kappa shape index (κ2) is 6.86. The Morgan fingerprint density at radius 1 is 1.21 bits per heavy atom. The van der Waals surface area contributed by atoms with Crippen LogP contribution in [-0.2, 0) is 17.6 Å². The van der Waals surface area contributed by atoms with Gasteiger partial charge in [-0.2, -0.15) is 0 Å². The van der Waals surface area contributed by atoms with Crippen LogP contribution in [0.25, 0.3) is 0 Å². The first-order valence-electron chi connectivity index (χ1n) is 8.13. The summed E-state index contributed by atoms with van der Waals surface area (Å²) < 4.78 is 4.89. The van der Waals surface area contributed by atoms with Gasteiger partial charge in [0.05, 0.1) is 6.54 Å². The summed E-state index contributed by atoms with van der Waals surface area (Å²) in [6.45, 7) is 1.70. The van der Waals surface area contributed by atoms with Crippen LogP contribution in [0.3, 0.4) is 0 Å². The SMILES string of the molecule is Cc1cc(NC(=O)CN(C)C(=O)c2ccc3c(c2)CCCC3)no1. The number of hydrogen-bond acceptors (Lipinski definition) is 4. The maximum absolute atomic E-state index is 12.5. The fraction of sp³-hybridized carbons (Fsp3) is 0.389. The van der Waals surface area contributed by atoms with E-state index in [9.17, 15) is 9.59 Å². The third kappa shape index (κ3) is 3.64. The molecule has 24 heavy (non-hydrogen) atoms. The number of aryl methyl sites for hydroxylation is 3. The Morgan fingerprint density at radius 2 is 1.96 bits per heavy atom. The molecule has 0 unspecified atom stereocenters. The number of aromatic nitrogens is 1. The van der Waals surface area contributed by atoms with Gasteiger partial charge >= 0.3 is 0 Å². The van der Waals surface area contributed by atoms with Crippen LogP contribution in [0.4, 0.5) is 5.82 Å². The first-order chi connectivity index (χ1) is 11.5. The number of fused-ring (bicyclic) bond motifs is 1. The maximum atomic E-state index is 12.5. The first-order valence-corrected chi connectivity index (χ1v) is 8.13. The largest absolute Gasteiger partial charge is 0.360 e. The van der Waals surface area contributed by atoms with Crippen LogP contribution in [-0.4, -0.2) is 35.5 Å². The van der Waals surface area contributed by atoms with Gasteiger partial charge in [0.25, 0.3) is 5.91 Å². The van der Waals surface area contributed by atoms with E-state index >= 15 is 0 Å². The van der Waals surface area contributed by atoms with E-state index in [-0.39, 0.29) is 18.4 Å². The number of amides is 2. The highest BCUT2D eigenvalue weighted by atomic mass is 16.5. The highest BCUT2D eigenvalue weighted by Gasteiger charge is 2.18. The van der Waals surface area contributed by atoms with Gasteiger partial charge in [0.2, 0.25) is 5.91 Å². The zero-order valence-electron chi connectivity index (χ0n) is 14.0. The van der Waals surface area contributed by atoms with Crippen molar-refractivity contribution in [1.29, 1.82) is 0 Å². The molecular weight excluding hydrogens is 306 g/mol. The molecule has 2 aromatic rings. The fourth-order valence-corrected chi connectivity index (χ4v) is 2.98. The second-order valence-corrected chi connectivity index (χ2v) is 6.22. The lowest BCUT2D eigenvalue weighted by Crippen LogP contribution is -2.35. The van der Waals surface area contributed by atoms with Gasteiger partial charge in [-0.1, -0.05) is 11.2 Å². The molecule has 2 amide bonds. The predicted molar refractivity (Wildman–Crippen MR) is 89.9 cm³/mol. The molecule has 1 heterocycles. The summed E-state index contributed by atoms with van der Waals surface area (Å²) >= 11 is 0. The van der Waals surface area contributed by atoms with Gasteiger partial charge in [-0.05, 0) is 55.9 Å². The quantitative estimate of drug-likeness (QED) is 0.936. The van der Waals surface area contributed by atoms with Crippen molar-refractivity contribution in [2.75, 3.05) is 18.9 Å². The Hall–Kier alpha value is -2.63. The van der Waals surface area contributed by atoms with E-state index in [1.807, 2.05) is 18.2 Å². The molecule has 6 nitrogen and oxygen atoms in total. The Kier molecular flexibility index (Phi) is 4.64. The molecule has 0 saturated heterocycles. The van der Waals surface area contributed by atoms with Crippen LogP contribution in [0.15, 0.2) is 28.8 Å². The number of likely N-dealkylation sites (N-methyl/N-ethyl adjacent to an activating group) is 1. The summed E-state index contributed by atoms with van der Waals surface area (Å²) in [5, 5.41) is 6.32. The van der Waals surface area contributed by atoms with E-state index in [0.717, 1.165) is 12.8 Å². The highest BCUT2D eigenvalue weighted by Crippen LogP contribution is 2.22. The van der Waals surface area contributed by atoms with Crippen molar-refractivity contribution in [3.63, 3.8) is 0 Å². The van der Waals surface area contributed by atoms with E-state index in [1.165, 1.54) is 28.9 Å². The van der Waals surface area contributed by atoms with Crippen molar-refractivity contribution in [2.45, 2.75) is 32.6 Å². The molecule has 1 aromatic heterocycles. The summed E-state index contributed by atoms with van der Waals surface area (Å²) in [7, 11) is 1.62. The molecular formula is C18H21N3O3. The molecule has 0 bridgehead atoms. The smallest absolute Gasteiger partial charge is 0.254 e. The molecule has 1 aliphatic rings. The minimum atomic E-state index is -0.308. The molecule has 126 valence electrons. The molecule has 1 aliphatic carbocycles. The van der Waals surface area contributed by atoms with Crippen molar-refractivity contribution < 1.29 is 14.1 Å². The number of carbonyl (C=O) groups is 2. The lowest BCUT2D eigenvalue weighted by molar-refractivity contribution is -0.116. The van der Waals surface area contributed by atoms with Gasteiger partial charge in [0, 0.05) is 18.7 Å². The predicted octanol–water partition coefficient (Wildman–Crippen LogP) is 2.57. The number of benzene rings is 1. The molecule has 0 spiro atoms. The van der Waals surface area contributed by atoms with Crippen LogP contribution >= 0.6 is 0 Å². The number of anilines is 1. The Labute approximate surface area is 140 Å². The number of carbonyl (C=O) groups excluding carboxylic acids is 2. The zero-order chi connectivity index (χ0) is 17.1. The zero-order valence-corrected chi connectivity index (χ0v) is 14.0. The number of rotatable bonds is 4. The van der Waals surface area contributed by atoms with Gasteiger partial charge in [-0.25, -0.2) is 0 Å². The summed E-state index contributed by atoms with van der Waals surface area (Å²) in [6, 6.07) is 7.48. The Morgan fingerprint density at radius 3 is 2.67 bits per heavy atom. The lowest BCUT2D eigenvalue weighted by Gasteiger charge is -2.19. The van der Waals surface area contributed by atoms with Crippen molar-refractivity contribution in [3.05, 3.63) is 46.7 Å². The van der Waals surface area contributed by atoms with Crippen LogP contribution in [0.2, 0.25) is 0 Å². The first kappa shape index (κ1) is 16.2. The minimum absolute atomic E-state index is 0.0399. The van der Waals surface area contributed by atoms with Crippen LogP contribution in [0, 0.1) is 6.92 Å². The molecule has 1 aromatic carbocycles. The minimum Gasteiger partial charge on any atom is -0.360 e. The molecule has 0 aliphatic heterocycles. The molecule has 1 N–H and O–H groups in total. The number of hydrogen-bond donors (Lipinski definition) is 1. The Bertz CT molecular complexity index is 767. The highest BCUT2D eigenvalue weighted by molar-refractivity contribution is 5.99. The van der Waals surface area contributed by atoms with Gasteiger partial charge in [0.15, 0.2) is 5.82 Å². The average Bonchev–Trinajstić information content (AvgIpc) is 2.98.